The van der Waals surface area contributed by atoms with Gasteiger partial charge in [-0.25, -0.2) is 0 Å². The number of aryl methyl sites for hydroxylation is 1. The average molecular weight is 449 g/mol. The van der Waals surface area contributed by atoms with Crippen molar-refractivity contribution < 1.29 is 14.3 Å². The van der Waals surface area contributed by atoms with Crippen molar-refractivity contribution >= 4 is 17.2 Å². The van der Waals surface area contributed by atoms with E-state index in [-0.39, 0.29) is 5.91 Å². The van der Waals surface area contributed by atoms with E-state index in [0.29, 0.717) is 36.0 Å². The van der Waals surface area contributed by atoms with E-state index < -0.39 is 0 Å². The highest BCUT2D eigenvalue weighted by atomic mass is 32.1. The first-order valence-electron chi connectivity index (χ1n) is 10.1. The Balaban J connectivity index is 1.65. The third-order valence-corrected chi connectivity index (χ3v) is 5.87. The fourth-order valence-electron chi connectivity index (χ4n) is 3.39. The van der Waals surface area contributed by atoms with E-state index in [1.165, 1.54) is 4.80 Å². The molecule has 32 heavy (non-hydrogen) atoms. The van der Waals surface area contributed by atoms with E-state index in [1.807, 2.05) is 66.0 Å². The Bertz CT molecular complexity index is 1190. The largest absolute Gasteiger partial charge is 0.493 e. The molecule has 0 bridgehead atoms. The molecular weight excluding hydrogens is 424 g/mol. The number of thiophene rings is 1. The van der Waals surface area contributed by atoms with Crippen molar-refractivity contribution in [1.29, 1.82) is 0 Å². The predicted octanol–water partition coefficient (Wildman–Crippen LogP) is 4.50. The van der Waals surface area contributed by atoms with E-state index in [0.717, 1.165) is 16.1 Å². The fourth-order valence-corrected chi connectivity index (χ4v) is 4.11. The molecule has 0 N–H and O–H groups in total. The Hall–Kier alpha value is -3.65. The average Bonchev–Trinajstić information content (AvgIpc) is 3.48. The summed E-state index contributed by atoms with van der Waals surface area (Å²) in [5.74, 6) is 1.10. The van der Waals surface area contributed by atoms with Crippen molar-refractivity contribution in [1.82, 2.24) is 19.9 Å². The summed E-state index contributed by atoms with van der Waals surface area (Å²) in [6.45, 7) is 2.68. The summed E-state index contributed by atoms with van der Waals surface area (Å²) in [6.07, 6.45) is 0. The van der Waals surface area contributed by atoms with Crippen LogP contribution in [0.3, 0.4) is 0 Å². The van der Waals surface area contributed by atoms with Gasteiger partial charge in [0.25, 0.3) is 5.91 Å². The molecule has 0 saturated carbocycles. The zero-order valence-corrected chi connectivity index (χ0v) is 19.0. The summed E-state index contributed by atoms with van der Waals surface area (Å²) < 4.78 is 10.8. The van der Waals surface area contributed by atoms with Gasteiger partial charge in [-0.05, 0) is 48.2 Å². The first-order chi connectivity index (χ1) is 15.6. The van der Waals surface area contributed by atoms with Gasteiger partial charge in [0.1, 0.15) is 0 Å². The molecule has 0 atom stereocenters. The molecule has 2 aromatic carbocycles. The van der Waals surface area contributed by atoms with Gasteiger partial charge in [0.15, 0.2) is 17.2 Å². The van der Waals surface area contributed by atoms with Gasteiger partial charge >= 0.3 is 0 Å². The third kappa shape index (κ3) is 4.65. The number of nitrogens with zero attached hydrogens (tertiary/aromatic N) is 4. The Labute approximate surface area is 190 Å². The second kappa shape index (κ2) is 9.65. The van der Waals surface area contributed by atoms with Crippen LogP contribution >= 0.6 is 11.3 Å². The van der Waals surface area contributed by atoms with Gasteiger partial charge in [-0.2, -0.15) is 9.90 Å². The summed E-state index contributed by atoms with van der Waals surface area (Å²) in [7, 11) is 3.20. The molecule has 0 fully saturated rings. The SMILES string of the molecule is COc1ccc(CN(Cc2cccs2)C(=O)c2nn(-c3ccccc3)nc2C)cc1OC. The first kappa shape index (κ1) is 21.6. The van der Waals surface area contributed by atoms with E-state index >= 15 is 0 Å². The Morgan fingerprint density at radius 2 is 1.75 bits per heavy atom. The van der Waals surface area contributed by atoms with Gasteiger partial charge in [-0.15, -0.1) is 16.4 Å². The molecule has 0 aliphatic carbocycles. The molecule has 0 aliphatic rings. The topological polar surface area (TPSA) is 69.5 Å². The van der Waals surface area contributed by atoms with Crippen LogP contribution in [0.1, 0.15) is 26.6 Å². The van der Waals surface area contributed by atoms with Gasteiger partial charge in [0.2, 0.25) is 0 Å². The lowest BCUT2D eigenvalue weighted by Gasteiger charge is -2.22. The third-order valence-electron chi connectivity index (χ3n) is 5.01. The Kier molecular flexibility index (Phi) is 6.51. The minimum absolute atomic E-state index is 0.173. The van der Waals surface area contributed by atoms with Gasteiger partial charge in [0, 0.05) is 11.4 Å². The number of hydrogen-bond acceptors (Lipinski definition) is 6. The number of benzene rings is 2. The number of methoxy groups -OCH3 is 2. The molecule has 0 aliphatic heterocycles. The van der Waals surface area contributed by atoms with Gasteiger partial charge in [0.05, 0.1) is 32.1 Å². The number of aromatic nitrogens is 3. The summed E-state index contributed by atoms with van der Waals surface area (Å²) in [4.78, 5) is 17.9. The van der Waals surface area contributed by atoms with Crippen molar-refractivity contribution in [3.05, 3.63) is 87.9 Å². The van der Waals surface area contributed by atoms with Gasteiger partial charge < -0.3 is 14.4 Å². The normalized spacial score (nSPS) is 10.7. The maximum Gasteiger partial charge on any atom is 0.276 e. The molecule has 0 radical (unpaired) electrons. The molecule has 8 heteroatoms. The van der Waals surface area contributed by atoms with Crippen LogP contribution in [0.25, 0.3) is 5.69 Å². The lowest BCUT2D eigenvalue weighted by Crippen LogP contribution is -2.30. The highest BCUT2D eigenvalue weighted by Crippen LogP contribution is 2.29. The zero-order chi connectivity index (χ0) is 22.5. The van der Waals surface area contributed by atoms with Crippen LogP contribution in [-0.2, 0) is 13.1 Å². The van der Waals surface area contributed by atoms with Gasteiger partial charge in [-0.3, -0.25) is 4.79 Å². The van der Waals surface area contributed by atoms with E-state index in [4.69, 9.17) is 9.47 Å². The standard InChI is InChI=1S/C24H24N4O3S/c1-17-23(26-28(25-17)19-8-5-4-6-9-19)24(29)27(16-20-10-7-13-32-20)15-18-11-12-21(30-2)22(14-18)31-3/h4-14H,15-16H2,1-3H3. The van der Waals surface area contributed by atoms with E-state index in [2.05, 4.69) is 10.2 Å². The molecule has 0 saturated heterocycles. The van der Waals surface area contributed by atoms with Crippen molar-refractivity contribution in [3.63, 3.8) is 0 Å². The molecule has 0 spiro atoms. The van der Waals surface area contributed by atoms with Crippen molar-refractivity contribution in [3.8, 4) is 17.2 Å². The van der Waals surface area contributed by atoms with Crippen LogP contribution < -0.4 is 9.47 Å². The molecule has 2 heterocycles. The second-order valence-electron chi connectivity index (χ2n) is 7.19. The summed E-state index contributed by atoms with van der Waals surface area (Å²) in [5, 5.41) is 11.0. The van der Waals surface area contributed by atoms with E-state index in [1.54, 1.807) is 37.4 Å². The molecule has 4 rings (SSSR count). The first-order valence-corrected chi connectivity index (χ1v) is 11.0. The smallest absolute Gasteiger partial charge is 0.276 e. The molecule has 0 unspecified atom stereocenters. The lowest BCUT2D eigenvalue weighted by atomic mass is 10.1. The summed E-state index contributed by atoms with van der Waals surface area (Å²) >= 11 is 1.61. The van der Waals surface area contributed by atoms with Gasteiger partial charge in [-0.1, -0.05) is 30.3 Å². The molecular formula is C24H24N4O3S. The zero-order valence-electron chi connectivity index (χ0n) is 18.2. The number of para-hydroxylation sites is 1. The van der Waals surface area contributed by atoms with Crippen molar-refractivity contribution in [2.45, 2.75) is 20.0 Å². The van der Waals surface area contributed by atoms with E-state index in [9.17, 15) is 4.79 Å². The number of carbonyl (C=O) groups excluding carboxylic acids is 1. The molecule has 4 aromatic rings. The number of carbonyl (C=O) groups is 1. The Morgan fingerprint density at radius 3 is 2.44 bits per heavy atom. The maximum atomic E-state index is 13.6. The molecule has 164 valence electrons. The number of rotatable bonds is 8. The number of ether oxygens (including phenoxy) is 2. The number of amides is 1. The quantitative estimate of drug-likeness (QED) is 0.397. The molecule has 2 aromatic heterocycles. The van der Waals surface area contributed by atoms with Crippen molar-refractivity contribution in [2.24, 2.45) is 0 Å². The van der Waals surface area contributed by atoms with Crippen molar-refractivity contribution in [2.75, 3.05) is 14.2 Å². The summed E-state index contributed by atoms with van der Waals surface area (Å²) in [5.41, 5.74) is 2.66. The summed E-state index contributed by atoms with van der Waals surface area (Å²) in [6, 6.07) is 19.2. The molecule has 7 nitrogen and oxygen atoms in total. The minimum Gasteiger partial charge on any atom is -0.493 e. The lowest BCUT2D eigenvalue weighted by molar-refractivity contribution is 0.0724. The second-order valence-corrected chi connectivity index (χ2v) is 8.22. The molecule has 1 amide bonds. The monoisotopic (exact) mass is 448 g/mol. The predicted molar refractivity (Wildman–Crippen MR) is 124 cm³/mol. The Morgan fingerprint density at radius 1 is 0.969 bits per heavy atom. The highest BCUT2D eigenvalue weighted by molar-refractivity contribution is 7.09. The van der Waals surface area contributed by atoms with Crippen LogP contribution in [-0.4, -0.2) is 40.0 Å². The van der Waals surface area contributed by atoms with Crippen LogP contribution in [0.2, 0.25) is 0 Å². The van der Waals surface area contributed by atoms with Crippen LogP contribution in [0.15, 0.2) is 66.0 Å². The minimum atomic E-state index is -0.173. The van der Waals surface area contributed by atoms with Crippen LogP contribution in [0.5, 0.6) is 11.5 Å². The highest BCUT2D eigenvalue weighted by Gasteiger charge is 2.24. The van der Waals surface area contributed by atoms with Crippen LogP contribution in [0.4, 0.5) is 0 Å². The fraction of sp³-hybridized carbons (Fsp3) is 0.208. The number of hydrogen-bond donors (Lipinski definition) is 0. The van der Waals surface area contributed by atoms with Crippen LogP contribution in [0, 0.1) is 6.92 Å². The maximum absolute atomic E-state index is 13.6.